The molecule has 0 radical (unpaired) electrons. The number of aromatic nitrogens is 3. The Kier molecular flexibility index (Phi) is 4.03. The first-order valence-electron chi connectivity index (χ1n) is 5.57. The Morgan fingerprint density at radius 3 is 2.61 bits per heavy atom. The van der Waals surface area contributed by atoms with Crippen LogP contribution >= 0.6 is 0 Å². The van der Waals surface area contributed by atoms with Crippen LogP contribution in [0.25, 0.3) is 0 Å². The van der Waals surface area contributed by atoms with Gasteiger partial charge in [-0.3, -0.25) is 5.43 Å². The smallest absolute Gasteiger partial charge is 0.323 e. The fraction of sp³-hybridized carbons (Fsp3) is 0.667. The van der Waals surface area contributed by atoms with Crippen LogP contribution in [-0.4, -0.2) is 41.1 Å². The Morgan fingerprint density at radius 1 is 1.28 bits per heavy atom. The molecule has 0 amide bonds. The van der Waals surface area contributed by atoms with Crippen molar-refractivity contribution in [3.63, 3.8) is 0 Å². The van der Waals surface area contributed by atoms with Crippen LogP contribution in [0.15, 0.2) is 0 Å². The summed E-state index contributed by atoms with van der Waals surface area (Å²) in [6.45, 7) is 0.887. The monoisotopic (exact) mass is 260 g/mol. The SMILES string of the molecule is NNc1nc(OCC(F)F)nc(N2CCCC2)n1. The summed E-state index contributed by atoms with van der Waals surface area (Å²) in [7, 11) is 0. The molecule has 1 saturated heterocycles. The molecule has 0 bridgehead atoms. The first-order valence-corrected chi connectivity index (χ1v) is 5.57. The van der Waals surface area contributed by atoms with Gasteiger partial charge in [-0.25, -0.2) is 14.6 Å². The summed E-state index contributed by atoms with van der Waals surface area (Å²) in [5.41, 5.74) is 2.26. The molecule has 1 fully saturated rings. The predicted octanol–water partition coefficient (Wildman–Crippen LogP) is 0.401. The zero-order valence-corrected chi connectivity index (χ0v) is 9.64. The average Bonchev–Trinajstić information content (AvgIpc) is 2.89. The predicted molar refractivity (Wildman–Crippen MR) is 60.6 cm³/mol. The molecule has 1 aliphatic heterocycles. The molecule has 0 aromatic carbocycles. The van der Waals surface area contributed by atoms with E-state index >= 15 is 0 Å². The fourth-order valence-corrected chi connectivity index (χ4v) is 1.67. The number of nitrogens with zero attached hydrogens (tertiary/aromatic N) is 4. The number of alkyl halides is 2. The molecule has 0 spiro atoms. The third-order valence-corrected chi connectivity index (χ3v) is 2.46. The van der Waals surface area contributed by atoms with E-state index in [1.807, 2.05) is 4.90 Å². The number of nitrogens with one attached hydrogen (secondary N) is 1. The summed E-state index contributed by atoms with van der Waals surface area (Å²) < 4.78 is 28.9. The molecule has 0 atom stereocenters. The van der Waals surface area contributed by atoms with Crippen molar-refractivity contribution in [3.8, 4) is 6.01 Å². The molecule has 3 N–H and O–H groups in total. The van der Waals surface area contributed by atoms with Crippen molar-refractivity contribution >= 4 is 11.9 Å². The molecule has 0 aliphatic carbocycles. The average molecular weight is 260 g/mol. The van der Waals surface area contributed by atoms with Crippen LogP contribution in [0, 0.1) is 0 Å². The van der Waals surface area contributed by atoms with Gasteiger partial charge in [0.25, 0.3) is 6.43 Å². The summed E-state index contributed by atoms with van der Waals surface area (Å²) in [5, 5.41) is 0. The second-order valence-corrected chi connectivity index (χ2v) is 3.78. The van der Waals surface area contributed by atoms with Crippen LogP contribution in [0.2, 0.25) is 0 Å². The maximum atomic E-state index is 12.1. The summed E-state index contributed by atoms with van der Waals surface area (Å²) in [6.07, 6.45) is -0.486. The minimum Gasteiger partial charge on any atom is -0.457 e. The molecule has 100 valence electrons. The van der Waals surface area contributed by atoms with Crippen molar-refractivity contribution in [3.05, 3.63) is 0 Å². The number of hydrogen-bond donors (Lipinski definition) is 2. The van der Waals surface area contributed by atoms with Crippen molar-refractivity contribution < 1.29 is 13.5 Å². The van der Waals surface area contributed by atoms with E-state index in [1.54, 1.807) is 0 Å². The number of ether oxygens (including phenoxy) is 1. The molecular formula is C9H14F2N6O. The third-order valence-electron chi connectivity index (χ3n) is 2.46. The first kappa shape index (κ1) is 12.7. The quantitative estimate of drug-likeness (QED) is 0.585. The van der Waals surface area contributed by atoms with Gasteiger partial charge in [0.15, 0.2) is 6.61 Å². The molecule has 9 heteroatoms. The van der Waals surface area contributed by atoms with Gasteiger partial charge in [0, 0.05) is 13.1 Å². The van der Waals surface area contributed by atoms with Gasteiger partial charge in [-0.05, 0) is 12.8 Å². The van der Waals surface area contributed by atoms with E-state index < -0.39 is 13.0 Å². The Balaban J connectivity index is 2.15. The first-order chi connectivity index (χ1) is 8.69. The summed E-state index contributed by atoms with van der Waals surface area (Å²) in [6, 6.07) is -0.153. The summed E-state index contributed by atoms with van der Waals surface area (Å²) >= 11 is 0. The number of hydrazine groups is 1. The second kappa shape index (κ2) is 5.71. The highest BCUT2D eigenvalue weighted by atomic mass is 19.3. The molecule has 2 rings (SSSR count). The van der Waals surface area contributed by atoms with Crippen LogP contribution in [0.4, 0.5) is 20.7 Å². The molecule has 1 aromatic rings. The lowest BCUT2D eigenvalue weighted by Crippen LogP contribution is -2.23. The number of hydrogen-bond acceptors (Lipinski definition) is 7. The maximum absolute atomic E-state index is 12.1. The molecule has 0 unspecified atom stereocenters. The largest absolute Gasteiger partial charge is 0.457 e. The topological polar surface area (TPSA) is 89.2 Å². The highest BCUT2D eigenvalue weighted by Crippen LogP contribution is 2.19. The minimum absolute atomic E-state index is 0.0937. The molecule has 0 saturated carbocycles. The van der Waals surface area contributed by atoms with Gasteiger partial charge in [0.1, 0.15) is 0 Å². The summed E-state index contributed by atoms with van der Waals surface area (Å²) in [4.78, 5) is 13.7. The van der Waals surface area contributed by atoms with Crippen molar-refractivity contribution in [2.24, 2.45) is 5.84 Å². The van der Waals surface area contributed by atoms with Crippen LogP contribution in [0.1, 0.15) is 12.8 Å². The number of halogens is 2. The van der Waals surface area contributed by atoms with Crippen LogP contribution in [0.5, 0.6) is 6.01 Å². The van der Waals surface area contributed by atoms with Gasteiger partial charge in [-0.1, -0.05) is 0 Å². The van der Waals surface area contributed by atoms with Gasteiger partial charge < -0.3 is 9.64 Å². The van der Waals surface area contributed by atoms with Gasteiger partial charge in [-0.2, -0.15) is 15.0 Å². The molecule has 1 aromatic heterocycles. The fourth-order valence-electron chi connectivity index (χ4n) is 1.67. The van der Waals surface area contributed by atoms with E-state index in [4.69, 9.17) is 10.6 Å². The van der Waals surface area contributed by atoms with Gasteiger partial charge in [-0.15, -0.1) is 0 Å². The van der Waals surface area contributed by atoms with Crippen molar-refractivity contribution in [2.75, 3.05) is 30.0 Å². The normalized spacial score (nSPS) is 15.2. The molecule has 1 aliphatic rings. The van der Waals surface area contributed by atoms with E-state index in [-0.39, 0.29) is 12.0 Å². The maximum Gasteiger partial charge on any atom is 0.323 e. The summed E-state index contributed by atoms with van der Waals surface area (Å²) in [5.74, 6) is 5.70. The van der Waals surface area contributed by atoms with E-state index in [1.165, 1.54) is 0 Å². The highest BCUT2D eigenvalue weighted by Gasteiger charge is 2.18. The molecular weight excluding hydrogens is 246 g/mol. The van der Waals surface area contributed by atoms with E-state index in [0.29, 0.717) is 5.95 Å². The van der Waals surface area contributed by atoms with Crippen molar-refractivity contribution in [2.45, 2.75) is 19.3 Å². The van der Waals surface area contributed by atoms with Crippen LogP contribution in [-0.2, 0) is 0 Å². The van der Waals surface area contributed by atoms with Crippen molar-refractivity contribution in [1.29, 1.82) is 0 Å². The highest BCUT2D eigenvalue weighted by molar-refractivity contribution is 5.38. The standard InChI is InChI=1S/C9H14F2N6O/c10-6(11)5-18-9-14-7(16-12)13-8(15-9)17-3-1-2-4-17/h6H,1-5,12H2,(H,13,14,15,16). The zero-order chi connectivity index (χ0) is 13.0. The van der Waals surface area contributed by atoms with Crippen LogP contribution in [0.3, 0.4) is 0 Å². The number of anilines is 2. The number of nitrogen functional groups attached to an aromatic ring is 1. The van der Waals surface area contributed by atoms with Crippen molar-refractivity contribution in [1.82, 2.24) is 15.0 Å². The van der Waals surface area contributed by atoms with E-state index in [2.05, 4.69) is 20.4 Å². The lowest BCUT2D eigenvalue weighted by atomic mass is 10.4. The Labute approximate surface area is 102 Å². The van der Waals surface area contributed by atoms with Crippen LogP contribution < -0.4 is 20.9 Å². The third kappa shape index (κ3) is 3.13. The van der Waals surface area contributed by atoms with Gasteiger partial charge >= 0.3 is 6.01 Å². The minimum atomic E-state index is -2.58. The lowest BCUT2D eigenvalue weighted by Gasteiger charge is -2.16. The van der Waals surface area contributed by atoms with Gasteiger partial charge in [0.2, 0.25) is 11.9 Å². The second-order valence-electron chi connectivity index (χ2n) is 3.78. The van der Waals surface area contributed by atoms with Gasteiger partial charge in [0.05, 0.1) is 0 Å². The lowest BCUT2D eigenvalue weighted by molar-refractivity contribution is 0.0770. The Morgan fingerprint density at radius 2 is 2.00 bits per heavy atom. The molecule has 7 nitrogen and oxygen atoms in total. The Hall–Kier alpha value is -1.77. The molecule has 18 heavy (non-hydrogen) atoms. The number of nitrogens with two attached hydrogens (primary N) is 1. The van der Waals surface area contributed by atoms with E-state index in [9.17, 15) is 8.78 Å². The number of rotatable bonds is 5. The molecule has 2 heterocycles. The van der Waals surface area contributed by atoms with E-state index in [0.717, 1.165) is 25.9 Å². The Bertz CT molecular complexity index is 399. The zero-order valence-electron chi connectivity index (χ0n) is 9.64.